The Balaban J connectivity index is 0.00000387. The number of hydrogen-bond donors (Lipinski definition) is 2. The van der Waals surface area contributed by atoms with Gasteiger partial charge in [-0.1, -0.05) is 48.5 Å². The van der Waals surface area contributed by atoms with Crippen molar-refractivity contribution in [3.8, 4) is 33.8 Å². The van der Waals surface area contributed by atoms with Crippen molar-refractivity contribution in [3.05, 3.63) is 106 Å². The fraction of sp³-hybridized carbons (Fsp3) is 0.265. The summed E-state index contributed by atoms with van der Waals surface area (Å²) in [5.74, 6) is 0.110. The van der Waals surface area contributed by atoms with E-state index in [9.17, 15) is 15.0 Å². The van der Waals surface area contributed by atoms with Gasteiger partial charge in [0.1, 0.15) is 30.8 Å². The fourth-order valence-corrected chi connectivity index (χ4v) is 5.71. The number of benzene rings is 4. The van der Waals surface area contributed by atoms with E-state index in [1.165, 1.54) is 0 Å². The van der Waals surface area contributed by atoms with Crippen LogP contribution in [-0.2, 0) is 11.4 Å². The minimum Gasteiger partial charge on any atom is -0.550 e. The number of aryl methyl sites for hydroxylation is 2. The second-order valence-corrected chi connectivity index (χ2v) is 10.4. The zero-order valence-corrected chi connectivity index (χ0v) is 25.9. The van der Waals surface area contributed by atoms with Crippen LogP contribution >= 0.6 is 0 Å². The molecule has 0 fully saturated rings. The van der Waals surface area contributed by atoms with Gasteiger partial charge in [0.2, 0.25) is 0 Å². The van der Waals surface area contributed by atoms with Crippen LogP contribution in [0.15, 0.2) is 72.8 Å². The van der Waals surface area contributed by atoms with Gasteiger partial charge in [-0.2, -0.15) is 0 Å². The van der Waals surface area contributed by atoms with Gasteiger partial charge in [-0.15, -0.1) is 0 Å². The normalized spacial score (nSPS) is 14.0. The Morgan fingerprint density at radius 2 is 1.54 bits per heavy atom. The molecule has 4 aromatic carbocycles. The van der Waals surface area contributed by atoms with E-state index < -0.39 is 12.1 Å². The van der Waals surface area contributed by atoms with Gasteiger partial charge < -0.3 is 29.6 Å². The number of carbonyl (C=O) groups excluding carboxylic acids is 1. The molecule has 6 nitrogen and oxygen atoms in total. The monoisotopic (exact) mass is 560 g/mol. The molecule has 0 radical (unpaired) electrons. The van der Waals surface area contributed by atoms with Crippen LogP contribution in [0.2, 0.25) is 0 Å². The number of aliphatic hydroxyl groups is 2. The van der Waals surface area contributed by atoms with Crippen LogP contribution in [0.1, 0.15) is 45.7 Å². The molecule has 4 aromatic rings. The molecular weight excluding hydrogens is 527 g/mol. The summed E-state index contributed by atoms with van der Waals surface area (Å²) >= 11 is 0. The Morgan fingerprint density at radius 1 is 0.854 bits per heavy atom. The minimum atomic E-state index is -1.06. The van der Waals surface area contributed by atoms with Crippen molar-refractivity contribution >= 4 is 5.97 Å². The maximum Gasteiger partial charge on any atom is 1.00 e. The topological polar surface area (TPSA) is 99.1 Å². The molecule has 0 aromatic heterocycles. The number of carbonyl (C=O) groups is 1. The summed E-state index contributed by atoms with van der Waals surface area (Å²) in [6.45, 7) is 6.25. The molecule has 1 unspecified atom stereocenters. The van der Waals surface area contributed by atoms with Crippen molar-refractivity contribution in [1.82, 2.24) is 0 Å². The quantitative estimate of drug-likeness (QED) is 0.288. The number of fused-ring (bicyclic) bond motifs is 3. The Morgan fingerprint density at radius 3 is 2.24 bits per heavy atom. The molecule has 0 saturated heterocycles. The van der Waals surface area contributed by atoms with Crippen LogP contribution in [0.25, 0.3) is 22.3 Å². The molecule has 0 amide bonds. The number of aliphatic hydroxyl groups excluding tert-OH is 2. The van der Waals surface area contributed by atoms with Crippen molar-refractivity contribution in [2.75, 3.05) is 13.2 Å². The van der Waals surface area contributed by atoms with Gasteiger partial charge in [0.15, 0.2) is 0 Å². The summed E-state index contributed by atoms with van der Waals surface area (Å²) in [4.78, 5) is 11.4. The third-order valence-electron chi connectivity index (χ3n) is 7.67. The molecule has 5 rings (SSSR count). The van der Waals surface area contributed by atoms with Crippen LogP contribution in [0.3, 0.4) is 0 Å². The second kappa shape index (κ2) is 13.2. The van der Waals surface area contributed by atoms with E-state index in [-0.39, 0.29) is 55.1 Å². The molecule has 1 aliphatic carbocycles. The second-order valence-electron chi connectivity index (χ2n) is 10.4. The fourth-order valence-electron chi connectivity index (χ4n) is 5.71. The van der Waals surface area contributed by atoms with E-state index >= 15 is 0 Å². The summed E-state index contributed by atoms with van der Waals surface area (Å²) in [5, 5.41) is 30.1. The standard InChI is InChI=1S/C34H34O6.Na/c1-20-13-26(40-19-24(36)17-35)14-21(2)34(20)27-10-6-7-23(22(27)3)18-39-25-11-12-30-31(15-25)28-8-4-5-9-29(28)32(30)16-33(37)38;/h4-15,24,32,35-36H,16-19H2,1-3H3,(H,37,38);/q;+1/p-1/t24-,32?;/m0./s1. The van der Waals surface area contributed by atoms with Crippen LogP contribution in [0.5, 0.6) is 11.5 Å². The minimum absolute atomic E-state index is 0. The number of carboxylic acid groups (broad SMARTS) is 1. The molecule has 0 saturated carbocycles. The average molecular weight is 561 g/mol. The Labute approximate surface area is 262 Å². The molecule has 0 aliphatic heterocycles. The number of carboxylic acids is 1. The number of hydrogen-bond acceptors (Lipinski definition) is 6. The van der Waals surface area contributed by atoms with E-state index in [1.807, 2.05) is 74.5 Å². The Bertz CT molecular complexity index is 1540. The molecule has 206 valence electrons. The predicted molar refractivity (Wildman–Crippen MR) is 152 cm³/mol. The first-order valence-corrected chi connectivity index (χ1v) is 13.4. The number of rotatable bonds is 10. The molecule has 0 bridgehead atoms. The third kappa shape index (κ3) is 6.53. The first kappa shape index (κ1) is 30.8. The summed E-state index contributed by atoms with van der Waals surface area (Å²) < 4.78 is 11.9. The third-order valence-corrected chi connectivity index (χ3v) is 7.67. The van der Waals surface area contributed by atoms with E-state index in [1.54, 1.807) is 0 Å². The largest absolute Gasteiger partial charge is 1.00 e. The van der Waals surface area contributed by atoms with Gasteiger partial charge in [0, 0.05) is 11.9 Å². The van der Waals surface area contributed by atoms with Gasteiger partial charge in [-0.3, -0.25) is 0 Å². The van der Waals surface area contributed by atoms with Gasteiger partial charge in [-0.25, -0.2) is 0 Å². The van der Waals surface area contributed by atoms with E-state index in [2.05, 4.69) is 19.1 Å². The Hall–Kier alpha value is -3.13. The van der Waals surface area contributed by atoms with Gasteiger partial charge in [0.05, 0.1) is 6.61 Å². The molecule has 7 heteroatoms. The summed E-state index contributed by atoms with van der Waals surface area (Å²) in [7, 11) is 0. The van der Waals surface area contributed by atoms with Crippen molar-refractivity contribution in [1.29, 1.82) is 0 Å². The van der Waals surface area contributed by atoms with Crippen molar-refractivity contribution in [2.24, 2.45) is 0 Å². The van der Waals surface area contributed by atoms with Crippen LogP contribution in [-0.4, -0.2) is 35.5 Å². The molecule has 0 heterocycles. The zero-order valence-electron chi connectivity index (χ0n) is 23.9. The van der Waals surface area contributed by atoms with E-state index in [0.29, 0.717) is 12.4 Å². The maximum atomic E-state index is 11.4. The SMILES string of the molecule is Cc1cc(OC[C@@H](O)CO)cc(C)c1-c1cccc(COc2ccc3c(c2)-c2ccccc2C3CC(=O)[O-])c1C.[Na+]. The smallest absolute Gasteiger partial charge is 0.550 e. The summed E-state index contributed by atoms with van der Waals surface area (Å²) in [6, 6.07) is 23.9. The maximum absolute atomic E-state index is 11.4. The Kier molecular flexibility index (Phi) is 9.95. The van der Waals surface area contributed by atoms with E-state index in [4.69, 9.17) is 14.6 Å². The van der Waals surface area contributed by atoms with Crippen molar-refractivity contribution in [2.45, 2.75) is 45.8 Å². The van der Waals surface area contributed by atoms with Crippen LogP contribution in [0.4, 0.5) is 0 Å². The molecular formula is C34H33NaO6. The first-order chi connectivity index (χ1) is 19.3. The van der Waals surface area contributed by atoms with Gasteiger partial charge >= 0.3 is 29.6 Å². The van der Waals surface area contributed by atoms with Crippen molar-refractivity contribution in [3.63, 3.8) is 0 Å². The number of aliphatic carboxylic acids is 1. The van der Waals surface area contributed by atoms with Crippen LogP contribution < -0.4 is 44.1 Å². The molecule has 0 spiro atoms. The first-order valence-electron chi connectivity index (χ1n) is 13.4. The number of ether oxygens (including phenoxy) is 2. The predicted octanol–water partition coefficient (Wildman–Crippen LogP) is 1.85. The summed E-state index contributed by atoms with van der Waals surface area (Å²) in [6.07, 6.45) is -0.963. The van der Waals surface area contributed by atoms with Gasteiger partial charge in [0.25, 0.3) is 0 Å². The van der Waals surface area contributed by atoms with Crippen molar-refractivity contribution < 1.29 is 59.1 Å². The van der Waals surface area contributed by atoms with E-state index in [0.717, 1.165) is 61.4 Å². The molecule has 41 heavy (non-hydrogen) atoms. The zero-order chi connectivity index (χ0) is 28.4. The molecule has 2 N–H and O–H groups in total. The van der Waals surface area contributed by atoms with Gasteiger partial charge in [-0.05, 0) is 107 Å². The average Bonchev–Trinajstić information content (AvgIpc) is 3.24. The summed E-state index contributed by atoms with van der Waals surface area (Å²) in [5.41, 5.74) is 10.6. The molecule has 1 aliphatic rings. The van der Waals surface area contributed by atoms with Crippen LogP contribution in [0, 0.1) is 20.8 Å². The molecule has 2 atom stereocenters.